The van der Waals surface area contributed by atoms with Crippen molar-refractivity contribution in [3.05, 3.63) is 35.9 Å². The summed E-state index contributed by atoms with van der Waals surface area (Å²) in [5.74, 6) is 0.131. The molecular formula is C35H59N5O6S. The maximum atomic E-state index is 14.1. The quantitative estimate of drug-likeness (QED) is 0.251. The van der Waals surface area contributed by atoms with E-state index in [2.05, 4.69) is 20.9 Å². The summed E-state index contributed by atoms with van der Waals surface area (Å²) in [5.41, 5.74) is 0.460. The highest BCUT2D eigenvalue weighted by atomic mass is 32.2. The molecule has 2 fully saturated rings. The monoisotopic (exact) mass is 677 g/mol. The summed E-state index contributed by atoms with van der Waals surface area (Å²) in [6, 6.07) is 6.20. The van der Waals surface area contributed by atoms with Crippen molar-refractivity contribution in [3.8, 4) is 0 Å². The van der Waals surface area contributed by atoms with E-state index in [1.54, 1.807) is 7.05 Å². The highest BCUT2D eigenvalue weighted by Crippen LogP contribution is 2.39. The topological polar surface area (TPSA) is 148 Å². The number of carbonyl (C=O) groups excluding carboxylic acids is 3. The van der Waals surface area contributed by atoms with Gasteiger partial charge in [-0.3, -0.25) is 14.5 Å². The average molecular weight is 678 g/mol. The number of urea groups is 1. The van der Waals surface area contributed by atoms with Gasteiger partial charge in [-0.05, 0) is 77.7 Å². The van der Waals surface area contributed by atoms with Crippen LogP contribution in [-0.2, 0) is 25.8 Å². The molecule has 3 rings (SSSR count). The molecule has 1 aromatic rings. The van der Waals surface area contributed by atoms with E-state index in [0.717, 1.165) is 37.5 Å². The van der Waals surface area contributed by atoms with Crippen LogP contribution in [-0.4, -0.2) is 109 Å². The Bertz CT molecular complexity index is 1320. The lowest BCUT2D eigenvalue weighted by molar-refractivity contribution is -0.133. The number of hydrogen-bond donors (Lipinski definition) is 4. The second-order valence-corrected chi connectivity index (χ2v) is 17.9. The predicted octanol–water partition coefficient (Wildman–Crippen LogP) is 3.11. The first-order valence-electron chi connectivity index (χ1n) is 17.1. The fourth-order valence-corrected chi connectivity index (χ4v) is 7.45. The summed E-state index contributed by atoms with van der Waals surface area (Å²) >= 11 is 0. The zero-order valence-electron chi connectivity index (χ0n) is 29.7. The number of nitrogens with zero attached hydrogens (tertiary/aromatic N) is 2. The molecule has 11 nitrogen and oxygen atoms in total. The van der Waals surface area contributed by atoms with E-state index in [1.807, 2.05) is 58.0 Å². The SMILES string of the molecule is CCCN(C)C(=O)N[C@H](C(=O)NC(Cc1ccccc1)[C@H](O)CN1CC2CCCC[C@H]2C[C@H]1C(=O)NC(C)(C)C)C(C)(C)S(C)(=O)=O. The highest BCUT2D eigenvalue weighted by molar-refractivity contribution is 7.92. The molecule has 47 heavy (non-hydrogen) atoms. The summed E-state index contributed by atoms with van der Waals surface area (Å²) in [4.78, 5) is 44.2. The number of rotatable bonds is 13. The Labute approximate surface area is 282 Å². The van der Waals surface area contributed by atoms with Gasteiger partial charge in [-0.1, -0.05) is 56.5 Å². The van der Waals surface area contributed by atoms with E-state index in [1.165, 1.54) is 25.2 Å². The molecule has 266 valence electrons. The Kier molecular flexibility index (Phi) is 13.3. The largest absolute Gasteiger partial charge is 0.390 e. The van der Waals surface area contributed by atoms with Crippen LogP contribution in [0.1, 0.15) is 85.6 Å². The van der Waals surface area contributed by atoms with Gasteiger partial charge in [-0.25, -0.2) is 13.2 Å². The normalized spacial score (nSPS) is 22.7. The van der Waals surface area contributed by atoms with Crippen LogP contribution >= 0.6 is 0 Å². The maximum Gasteiger partial charge on any atom is 0.317 e. The fourth-order valence-electron chi connectivity index (χ4n) is 6.85. The number of fused-ring (bicyclic) bond motifs is 1. The number of benzene rings is 1. The van der Waals surface area contributed by atoms with Crippen molar-refractivity contribution < 1.29 is 27.9 Å². The molecule has 2 aliphatic rings. The lowest BCUT2D eigenvalue weighted by atomic mass is 9.72. The number of aliphatic hydroxyl groups excluding tert-OH is 1. The maximum absolute atomic E-state index is 14.1. The number of amides is 4. The summed E-state index contributed by atoms with van der Waals surface area (Å²) in [6.07, 6.45) is 6.13. The third kappa shape index (κ3) is 10.6. The molecule has 1 heterocycles. The lowest BCUT2D eigenvalue weighted by Crippen LogP contribution is -2.65. The molecule has 1 aromatic carbocycles. The Morgan fingerprint density at radius 2 is 1.64 bits per heavy atom. The Morgan fingerprint density at radius 3 is 2.21 bits per heavy atom. The molecule has 12 heteroatoms. The third-order valence-electron chi connectivity index (χ3n) is 9.90. The molecule has 2 unspecified atom stereocenters. The van der Waals surface area contributed by atoms with Crippen molar-refractivity contribution in [3.63, 3.8) is 0 Å². The van der Waals surface area contributed by atoms with E-state index >= 15 is 0 Å². The number of carbonyl (C=O) groups is 3. The predicted molar refractivity (Wildman–Crippen MR) is 186 cm³/mol. The minimum Gasteiger partial charge on any atom is -0.390 e. The van der Waals surface area contributed by atoms with Crippen molar-refractivity contribution >= 4 is 27.7 Å². The van der Waals surface area contributed by atoms with Crippen molar-refractivity contribution in [1.82, 2.24) is 25.8 Å². The molecule has 6 atom stereocenters. The van der Waals surface area contributed by atoms with Crippen molar-refractivity contribution in [2.24, 2.45) is 11.8 Å². The summed E-state index contributed by atoms with van der Waals surface area (Å²) in [7, 11) is -2.23. The molecule has 0 aromatic heterocycles. The van der Waals surface area contributed by atoms with E-state index in [4.69, 9.17) is 0 Å². The second kappa shape index (κ2) is 16.1. The smallest absolute Gasteiger partial charge is 0.317 e. The van der Waals surface area contributed by atoms with Crippen LogP contribution in [0.2, 0.25) is 0 Å². The molecule has 1 aliphatic carbocycles. The van der Waals surface area contributed by atoms with Gasteiger partial charge in [-0.15, -0.1) is 0 Å². The zero-order valence-corrected chi connectivity index (χ0v) is 30.5. The van der Waals surface area contributed by atoms with Gasteiger partial charge in [0.1, 0.15) is 6.04 Å². The molecule has 0 radical (unpaired) electrons. The van der Waals surface area contributed by atoms with E-state index in [-0.39, 0.29) is 18.9 Å². The van der Waals surface area contributed by atoms with Gasteiger partial charge in [0.15, 0.2) is 9.84 Å². The molecule has 1 aliphatic heterocycles. The Balaban J connectivity index is 1.93. The number of nitrogens with one attached hydrogen (secondary N) is 3. The average Bonchev–Trinajstić information content (AvgIpc) is 2.98. The first-order chi connectivity index (χ1) is 21.8. The van der Waals surface area contributed by atoms with E-state index in [0.29, 0.717) is 31.3 Å². The molecule has 0 spiro atoms. The minimum absolute atomic E-state index is 0.0637. The first kappa shape index (κ1) is 38.7. The number of sulfone groups is 1. The van der Waals surface area contributed by atoms with Gasteiger partial charge < -0.3 is 26.0 Å². The standard InChI is InChI=1S/C35H59N5O6S/c1-9-19-39(7)33(44)37-30(35(5,6)47(8,45)46)32(43)36-27(20-24-15-11-10-12-16-24)29(41)23-40-22-26-18-14-13-17-25(26)21-28(40)31(42)38-34(2,3)4/h10-12,15-16,25-30,41H,9,13-14,17-23H2,1-8H3,(H,36,43)(H,37,44)(H,38,42)/t25-,26?,27?,28-,29+,30+/m0/s1. The second-order valence-electron chi connectivity index (χ2n) is 15.3. The number of hydrogen-bond acceptors (Lipinski definition) is 7. The van der Waals surface area contributed by atoms with Gasteiger partial charge in [0.25, 0.3) is 0 Å². The van der Waals surface area contributed by atoms with Gasteiger partial charge in [-0.2, -0.15) is 0 Å². The summed E-state index contributed by atoms with van der Waals surface area (Å²) in [5, 5.41) is 20.6. The zero-order chi connectivity index (χ0) is 35.2. The van der Waals surface area contributed by atoms with Crippen LogP contribution in [0.25, 0.3) is 0 Å². The number of piperidine rings is 1. The molecule has 4 N–H and O–H groups in total. The van der Waals surface area contributed by atoms with Crippen LogP contribution in [0.15, 0.2) is 30.3 Å². The molecule has 1 saturated heterocycles. The molecular weight excluding hydrogens is 618 g/mol. The van der Waals surface area contributed by atoms with E-state index in [9.17, 15) is 27.9 Å². The lowest BCUT2D eigenvalue weighted by Gasteiger charge is -2.47. The number of likely N-dealkylation sites (tertiary alicyclic amines) is 1. The van der Waals surface area contributed by atoms with E-state index < -0.39 is 56.3 Å². The van der Waals surface area contributed by atoms with Gasteiger partial charge in [0.2, 0.25) is 11.8 Å². The van der Waals surface area contributed by atoms with Gasteiger partial charge in [0.05, 0.1) is 22.9 Å². The Morgan fingerprint density at radius 1 is 1.02 bits per heavy atom. The number of aliphatic hydroxyl groups is 1. The van der Waals surface area contributed by atoms with Crippen LogP contribution in [0.3, 0.4) is 0 Å². The fraction of sp³-hybridized carbons (Fsp3) is 0.743. The van der Waals surface area contributed by atoms with Gasteiger partial charge in [0, 0.05) is 38.5 Å². The summed E-state index contributed by atoms with van der Waals surface area (Å²) < 4.78 is 24.2. The van der Waals surface area contributed by atoms with Crippen LogP contribution in [0, 0.1) is 11.8 Å². The molecule has 4 amide bonds. The van der Waals surface area contributed by atoms with Crippen molar-refractivity contribution in [2.75, 3.05) is 32.9 Å². The van der Waals surface area contributed by atoms with Crippen molar-refractivity contribution in [1.29, 1.82) is 0 Å². The minimum atomic E-state index is -3.82. The van der Waals surface area contributed by atoms with Crippen LogP contribution < -0.4 is 16.0 Å². The van der Waals surface area contributed by atoms with Crippen LogP contribution in [0.5, 0.6) is 0 Å². The number of β-amino-alcohol motifs (C(OH)–C–C–N with tert-alkyl or cyclic N) is 1. The van der Waals surface area contributed by atoms with Gasteiger partial charge >= 0.3 is 6.03 Å². The molecule has 0 bridgehead atoms. The third-order valence-corrected chi connectivity index (χ3v) is 12.0. The first-order valence-corrected chi connectivity index (χ1v) is 19.0. The molecule has 1 saturated carbocycles. The van der Waals surface area contributed by atoms with Crippen molar-refractivity contribution in [2.45, 2.75) is 121 Å². The van der Waals surface area contributed by atoms with Crippen LogP contribution in [0.4, 0.5) is 4.79 Å². The highest BCUT2D eigenvalue weighted by Gasteiger charge is 2.46. The Hall–Kier alpha value is -2.70. The summed E-state index contributed by atoms with van der Waals surface area (Å²) in [6.45, 7) is 11.9.